The van der Waals surface area contributed by atoms with Gasteiger partial charge >= 0.3 is 0 Å². The number of hydrogen-bond acceptors (Lipinski definition) is 4. The van der Waals surface area contributed by atoms with Crippen LogP contribution in [0, 0.1) is 10.1 Å². The zero-order chi connectivity index (χ0) is 13.0. The highest BCUT2D eigenvalue weighted by Crippen LogP contribution is 2.28. The third-order valence-corrected chi connectivity index (χ3v) is 3.27. The summed E-state index contributed by atoms with van der Waals surface area (Å²) in [6.45, 7) is -0.246. The van der Waals surface area contributed by atoms with E-state index in [9.17, 15) is 15.2 Å². The second kappa shape index (κ2) is 5.82. The van der Waals surface area contributed by atoms with E-state index in [0.717, 1.165) is 25.7 Å². The average molecular weight is 251 g/mol. The van der Waals surface area contributed by atoms with Gasteiger partial charge < -0.3 is 9.84 Å². The first-order valence-electron chi connectivity index (χ1n) is 6.25. The summed E-state index contributed by atoms with van der Waals surface area (Å²) in [6, 6.07) is 4.37. The number of nitro benzene ring substituents is 1. The van der Waals surface area contributed by atoms with Crippen molar-refractivity contribution in [2.75, 3.05) is 0 Å². The summed E-state index contributed by atoms with van der Waals surface area (Å²) in [6.07, 6.45) is 5.76. The molecule has 0 bridgehead atoms. The van der Waals surface area contributed by atoms with Gasteiger partial charge in [0.1, 0.15) is 5.75 Å². The van der Waals surface area contributed by atoms with Crippen molar-refractivity contribution in [1.29, 1.82) is 0 Å². The van der Waals surface area contributed by atoms with E-state index in [0.29, 0.717) is 11.3 Å². The number of non-ortho nitro benzene ring substituents is 1. The van der Waals surface area contributed by atoms with Crippen LogP contribution < -0.4 is 4.74 Å². The lowest BCUT2D eigenvalue weighted by molar-refractivity contribution is -0.385. The minimum absolute atomic E-state index is 0.0185. The molecule has 0 atom stereocenters. The number of aliphatic hydroxyl groups excluding tert-OH is 1. The predicted molar refractivity (Wildman–Crippen MR) is 66.5 cm³/mol. The highest BCUT2D eigenvalue weighted by molar-refractivity contribution is 5.43. The topological polar surface area (TPSA) is 72.6 Å². The molecule has 0 aromatic heterocycles. The van der Waals surface area contributed by atoms with Crippen LogP contribution in [-0.2, 0) is 6.61 Å². The van der Waals surface area contributed by atoms with Crippen LogP contribution in [0.15, 0.2) is 18.2 Å². The fraction of sp³-hybridized carbons (Fsp3) is 0.538. The molecule has 2 rings (SSSR count). The number of benzene rings is 1. The van der Waals surface area contributed by atoms with Crippen molar-refractivity contribution >= 4 is 5.69 Å². The predicted octanol–water partition coefficient (Wildman–Crippen LogP) is 2.80. The van der Waals surface area contributed by atoms with E-state index < -0.39 is 4.92 Å². The van der Waals surface area contributed by atoms with Gasteiger partial charge in [0.05, 0.1) is 17.6 Å². The number of rotatable bonds is 4. The first-order chi connectivity index (χ1) is 8.70. The van der Waals surface area contributed by atoms with Crippen molar-refractivity contribution in [3.05, 3.63) is 33.9 Å². The smallest absolute Gasteiger partial charge is 0.270 e. The molecule has 5 nitrogen and oxygen atoms in total. The van der Waals surface area contributed by atoms with Gasteiger partial charge in [0.25, 0.3) is 5.69 Å². The normalized spacial score (nSPS) is 16.5. The highest BCUT2D eigenvalue weighted by Gasteiger charge is 2.18. The maximum atomic E-state index is 10.7. The van der Waals surface area contributed by atoms with Crippen molar-refractivity contribution in [3.63, 3.8) is 0 Å². The maximum absolute atomic E-state index is 10.7. The Hall–Kier alpha value is -1.62. The van der Waals surface area contributed by atoms with Crippen LogP contribution >= 0.6 is 0 Å². The molecule has 1 saturated carbocycles. The SMILES string of the molecule is O=[N+]([O-])c1ccc(OC2CCCCC2)c(CO)c1. The second-order valence-corrected chi connectivity index (χ2v) is 4.59. The van der Waals surface area contributed by atoms with E-state index in [1.165, 1.54) is 18.6 Å². The van der Waals surface area contributed by atoms with Gasteiger partial charge in [0.2, 0.25) is 0 Å². The van der Waals surface area contributed by atoms with Gasteiger partial charge in [-0.1, -0.05) is 6.42 Å². The molecule has 5 heteroatoms. The van der Waals surface area contributed by atoms with Crippen LogP contribution in [0.1, 0.15) is 37.7 Å². The zero-order valence-electron chi connectivity index (χ0n) is 10.2. The van der Waals surface area contributed by atoms with Crippen molar-refractivity contribution in [3.8, 4) is 5.75 Å². The van der Waals surface area contributed by atoms with E-state index in [1.807, 2.05) is 0 Å². The minimum atomic E-state index is -0.469. The van der Waals surface area contributed by atoms with Gasteiger partial charge in [-0.05, 0) is 31.7 Å². The number of hydrogen-bond donors (Lipinski definition) is 1. The number of aliphatic hydroxyl groups is 1. The van der Waals surface area contributed by atoms with E-state index >= 15 is 0 Å². The van der Waals surface area contributed by atoms with Crippen molar-refractivity contribution in [1.82, 2.24) is 0 Å². The summed E-state index contributed by atoms with van der Waals surface area (Å²) >= 11 is 0. The summed E-state index contributed by atoms with van der Waals surface area (Å²) in [4.78, 5) is 10.2. The zero-order valence-corrected chi connectivity index (χ0v) is 10.2. The summed E-state index contributed by atoms with van der Waals surface area (Å²) in [7, 11) is 0. The Balaban J connectivity index is 2.13. The van der Waals surface area contributed by atoms with Gasteiger partial charge in [-0.3, -0.25) is 10.1 Å². The molecule has 1 aliphatic carbocycles. The van der Waals surface area contributed by atoms with E-state index in [1.54, 1.807) is 6.07 Å². The van der Waals surface area contributed by atoms with E-state index in [2.05, 4.69) is 0 Å². The Kier molecular flexibility index (Phi) is 4.15. The van der Waals surface area contributed by atoms with Crippen LogP contribution in [0.4, 0.5) is 5.69 Å². The third kappa shape index (κ3) is 2.98. The first-order valence-corrected chi connectivity index (χ1v) is 6.25. The fourth-order valence-corrected chi connectivity index (χ4v) is 2.28. The van der Waals surface area contributed by atoms with Crippen LogP contribution in [0.3, 0.4) is 0 Å². The Morgan fingerprint density at radius 2 is 2.06 bits per heavy atom. The molecule has 1 fully saturated rings. The lowest BCUT2D eigenvalue weighted by Crippen LogP contribution is -2.20. The quantitative estimate of drug-likeness (QED) is 0.659. The molecule has 18 heavy (non-hydrogen) atoms. The molecule has 0 amide bonds. The molecule has 1 aromatic rings. The van der Waals surface area contributed by atoms with Crippen LogP contribution in [0.2, 0.25) is 0 Å². The molecular formula is C13H17NO4. The summed E-state index contributed by atoms with van der Waals surface area (Å²) in [5, 5.41) is 19.9. The Bertz CT molecular complexity index is 427. The van der Waals surface area contributed by atoms with Crippen molar-refractivity contribution in [2.45, 2.75) is 44.8 Å². The fourth-order valence-electron chi connectivity index (χ4n) is 2.28. The lowest BCUT2D eigenvalue weighted by atomic mass is 9.97. The molecular weight excluding hydrogens is 234 g/mol. The van der Waals surface area contributed by atoms with Crippen LogP contribution in [0.5, 0.6) is 5.75 Å². The summed E-state index contributed by atoms with van der Waals surface area (Å²) < 4.78 is 5.83. The molecule has 1 aliphatic rings. The monoisotopic (exact) mass is 251 g/mol. The molecule has 0 spiro atoms. The van der Waals surface area contributed by atoms with Gasteiger partial charge in [0, 0.05) is 17.7 Å². The molecule has 1 aromatic carbocycles. The van der Waals surface area contributed by atoms with E-state index in [4.69, 9.17) is 4.74 Å². The Labute approximate surface area is 106 Å². The largest absolute Gasteiger partial charge is 0.490 e. The van der Waals surface area contributed by atoms with Gasteiger partial charge in [-0.25, -0.2) is 0 Å². The molecule has 0 saturated heterocycles. The van der Waals surface area contributed by atoms with Gasteiger partial charge in [-0.15, -0.1) is 0 Å². The number of nitrogens with zero attached hydrogens (tertiary/aromatic N) is 1. The summed E-state index contributed by atoms with van der Waals surface area (Å²) in [5.74, 6) is 0.565. The van der Waals surface area contributed by atoms with Crippen LogP contribution in [-0.4, -0.2) is 16.1 Å². The molecule has 98 valence electrons. The Morgan fingerprint density at radius 3 is 2.67 bits per heavy atom. The third-order valence-electron chi connectivity index (χ3n) is 3.27. The Morgan fingerprint density at radius 1 is 1.33 bits per heavy atom. The molecule has 0 aliphatic heterocycles. The molecule has 1 N–H and O–H groups in total. The van der Waals surface area contributed by atoms with Gasteiger partial charge in [-0.2, -0.15) is 0 Å². The van der Waals surface area contributed by atoms with Crippen LogP contribution in [0.25, 0.3) is 0 Å². The first kappa shape index (κ1) is 12.8. The summed E-state index contributed by atoms with van der Waals surface area (Å²) in [5.41, 5.74) is 0.463. The average Bonchev–Trinajstić information content (AvgIpc) is 2.40. The lowest BCUT2D eigenvalue weighted by Gasteiger charge is -2.24. The second-order valence-electron chi connectivity index (χ2n) is 4.59. The van der Waals surface area contributed by atoms with Crippen molar-refractivity contribution in [2.24, 2.45) is 0 Å². The van der Waals surface area contributed by atoms with Gasteiger partial charge in [0.15, 0.2) is 0 Å². The highest BCUT2D eigenvalue weighted by atomic mass is 16.6. The molecule has 0 radical (unpaired) electrons. The minimum Gasteiger partial charge on any atom is -0.490 e. The van der Waals surface area contributed by atoms with Crippen molar-refractivity contribution < 1.29 is 14.8 Å². The number of nitro groups is 1. The van der Waals surface area contributed by atoms with E-state index in [-0.39, 0.29) is 18.4 Å². The standard InChI is InChI=1S/C13H17NO4/c15-9-10-8-11(14(16)17)6-7-13(10)18-12-4-2-1-3-5-12/h6-8,12,15H,1-5,9H2. The molecule has 0 unspecified atom stereocenters. The maximum Gasteiger partial charge on any atom is 0.270 e. The number of ether oxygens (including phenoxy) is 1. The molecule has 0 heterocycles.